The molecule has 0 aliphatic carbocycles. The average molecular weight is 454 g/mol. The summed E-state index contributed by atoms with van der Waals surface area (Å²) in [6.07, 6.45) is 4.83. The molecule has 3 aromatic rings. The first kappa shape index (κ1) is 20.7. The number of nitro benzene ring substituents is 1. The van der Waals surface area contributed by atoms with Crippen molar-refractivity contribution in [2.24, 2.45) is 5.92 Å². The van der Waals surface area contributed by atoms with Gasteiger partial charge in [-0.1, -0.05) is 30.3 Å². The number of Topliss-reactive ketones (excluding diaryl/α,β-unsaturated/α-hetero) is 1. The van der Waals surface area contributed by atoms with Crippen LogP contribution in [-0.4, -0.2) is 39.1 Å². The number of hydrogen-bond acceptors (Lipinski definition) is 6. The molecule has 3 aliphatic heterocycles. The summed E-state index contributed by atoms with van der Waals surface area (Å²) in [5.41, 5.74) is 1.44. The van der Waals surface area contributed by atoms with E-state index < -0.39 is 16.4 Å². The van der Waals surface area contributed by atoms with Gasteiger partial charge in [-0.3, -0.25) is 29.6 Å². The summed E-state index contributed by atoms with van der Waals surface area (Å²) >= 11 is 0. The summed E-state index contributed by atoms with van der Waals surface area (Å²) < 4.78 is 0. The molecular formula is C26H22N4O4. The van der Waals surface area contributed by atoms with Gasteiger partial charge in [0.05, 0.1) is 10.8 Å². The molecule has 170 valence electrons. The molecule has 1 amide bonds. The lowest BCUT2D eigenvalue weighted by atomic mass is 9.69. The number of para-hydroxylation sites is 1. The molecule has 4 atom stereocenters. The first-order valence-corrected chi connectivity index (χ1v) is 11.4. The molecule has 0 bridgehead atoms. The van der Waals surface area contributed by atoms with E-state index in [0.29, 0.717) is 23.4 Å². The van der Waals surface area contributed by atoms with E-state index in [0.717, 1.165) is 18.4 Å². The smallest absolute Gasteiger partial charge is 0.269 e. The monoisotopic (exact) mass is 454 g/mol. The van der Waals surface area contributed by atoms with Crippen LogP contribution in [0.1, 0.15) is 40.2 Å². The summed E-state index contributed by atoms with van der Waals surface area (Å²) in [6, 6.07) is 17.4. The second-order valence-corrected chi connectivity index (χ2v) is 9.13. The molecule has 1 N–H and O–H groups in total. The number of carbonyl (C=O) groups excluding carboxylic acids is 2. The normalized spacial score (nSPS) is 27.4. The number of hydrogen-bond donors (Lipinski definition) is 1. The molecule has 2 aromatic carbocycles. The molecule has 8 nitrogen and oxygen atoms in total. The second-order valence-electron chi connectivity index (χ2n) is 9.13. The van der Waals surface area contributed by atoms with E-state index in [-0.39, 0.29) is 29.3 Å². The molecule has 34 heavy (non-hydrogen) atoms. The fourth-order valence-corrected chi connectivity index (χ4v) is 6.42. The Labute approximate surface area is 195 Å². The quantitative estimate of drug-likeness (QED) is 0.364. The van der Waals surface area contributed by atoms with Crippen molar-refractivity contribution in [2.45, 2.75) is 30.3 Å². The van der Waals surface area contributed by atoms with Crippen LogP contribution in [0.3, 0.4) is 0 Å². The summed E-state index contributed by atoms with van der Waals surface area (Å²) in [5, 5.41) is 14.6. The van der Waals surface area contributed by atoms with Gasteiger partial charge in [-0.15, -0.1) is 0 Å². The number of amides is 1. The van der Waals surface area contributed by atoms with E-state index in [2.05, 4.69) is 15.2 Å². The number of nitrogens with zero attached hydrogens (tertiary/aromatic N) is 3. The summed E-state index contributed by atoms with van der Waals surface area (Å²) in [7, 11) is 0. The molecule has 2 fully saturated rings. The highest BCUT2D eigenvalue weighted by molar-refractivity contribution is 6.12. The van der Waals surface area contributed by atoms with Crippen molar-refractivity contribution < 1.29 is 14.5 Å². The van der Waals surface area contributed by atoms with Crippen LogP contribution in [0.4, 0.5) is 11.4 Å². The highest BCUT2D eigenvalue weighted by Crippen LogP contribution is 2.61. The number of pyridine rings is 1. The van der Waals surface area contributed by atoms with Gasteiger partial charge in [-0.25, -0.2) is 0 Å². The number of rotatable bonds is 4. The van der Waals surface area contributed by atoms with Crippen LogP contribution < -0.4 is 5.32 Å². The number of non-ortho nitro benzene ring substituents is 1. The van der Waals surface area contributed by atoms with Crippen LogP contribution in [0.2, 0.25) is 0 Å². The summed E-state index contributed by atoms with van der Waals surface area (Å²) in [6.45, 7) is 0.675. The molecule has 8 heteroatoms. The molecule has 0 saturated carbocycles. The number of anilines is 1. The zero-order valence-corrected chi connectivity index (χ0v) is 18.3. The van der Waals surface area contributed by atoms with Crippen molar-refractivity contribution in [3.63, 3.8) is 0 Å². The van der Waals surface area contributed by atoms with Gasteiger partial charge in [-0.05, 0) is 43.1 Å². The highest BCUT2D eigenvalue weighted by atomic mass is 16.6. The van der Waals surface area contributed by atoms with Gasteiger partial charge in [0.15, 0.2) is 5.78 Å². The van der Waals surface area contributed by atoms with E-state index in [1.165, 1.54) is 12.3 Å². The van der Waals surface area contributed by atoms with Crippen LogP contribution in [0.25, 0.3) is 0 Å². The second kappa shape index (κ2) is 7.56. The third kappa shape index (κ3) is 2.72. The number of nitro groups is 1. The van der Waals surface area contributed by atoms with E-state index in [4.69, 9.17) is 0 Å². The van der Waals surface area contributed by atoms with Crippen LogP contribution >= 0.6 is 0 Å². The minimum Gasteiger partial charge on any atom is -0.324 e. The van der Waals surface area contributed by atoms with Gasteiger partial charge in [-0.2, -0.15) is 0 Å². The van der Waals surface area contributed by atoms with Gasteiger partial charge in [0.2, 0.25) is 5.91 Å². The largest absolute Gasteiger partial charge is 0.324 e. The van der Waals surface area contributed by atoms with Gasteiger partial charge in [0.25, 0.3) is 5.69 Å². The maximum absolute atomic E-state index is 14.2. The Kier molecular flexibility index (Phi) is 4.60. The first-order chi connectivity index (χ1) is 16.5. The third-order valence-electron chi connectivity index (χ3n) is 7.60. The van der Waals surface area contributed by atoms with Crippen LogP contribution in [0.15, 0.2) is 73.1 Å². The lowest BCUT2D eigenvalue weighted by Crippen LogP contribution is -2.52. The summed E-state index contributed by atoms with van der Waals surface area (Å²) in [4.78, 5) is 45.5. The topological polar surface area (TPSA) is 105 Å². The van der Waals surface area contributed by atoms with Gasteiger partial charge in [0, 0.05) is 53.3 Å². The maximum Gasteiger partial charge on any atom is 0.269 e. The zero-order valence-electron chi connectivity index (χ0n) is 18.3. The first-order valence-electron chi connectivity index (χ1n) is 11.4. The Morgan fingerprint density at radius 2 is 2.00 bits per heavy atom. The molecule has 4 heterocycles. The van der Waals surface area contributed by atoms with Gasteiger partial charge >= 0.3 is 0 Å². The van der Waals surface area contributed by atoms with Crippen molar-refractivity contribution in [1.82, 2.24) is 9.88 Å². The predicted octanol–water partition coefficient (Wildman–Crippen LogP) is 3.90. The van der Waals surface area contributed by atoms with Crippen molar-refractivity contribution in [3.05, 3.63) is 99.9 Å². The number of fused-ring (bicyclic) bond motifs is 4. The van der Waals surface area contributed by atoms with E-state index in [9.17, 15) is 19.7 Å². The maximum atomic E-state index is 14.2. The minimum atomic E-state index is -1.18. The number of aromatic nitrogens is 1. The summed E-state index contributed by atoms with van der Waals surface area (Å²) in [5.74, 6) is -1.53. The molecule has 2 saturated heterocycles. The molecule has 1 aromatic heterocycles. The molecule has 0 radical (unpaired) electrons. The average Bonchev–Trinajstić information content (AvgIpc) is 3.52. The number of benzene rings is 2. The SMILES string of the molecule is O=C(c1cccnc1)[C@@H]1[C@@H](c2cccc([N+](=O)[O-])c2)[C@@H]2CCCN2[C@@]12C(=O)Nc1ccccc12. The van der Waals surface area contributed by atoms with Crippen LogP contribution in [0, 0.1) is 16.0 Å². The minimum absolute atomic E-state index is 0.0214. The van der Waals surface area contributed by atoms with Gasteiger partial charge < -0.3 is 5.32 Å². The molecular weight excluding hydrogens is 432 g/mol. The number of ketones is 1. The lowest BCUT2D eigenvalue weighted by Gasteiger charge is -2.36. The molecule has 0 unspecified atom stereocenters. The number of carbonyl (C=O) groups is 2. The van der Waals surface area contributed by atoms with E-state index >= 15 is 0 Å². The molecule has 6 rings (SSSR count). The van der Waals surface area contributed by atoms with Crippen molar-refractivity contribution in [1.29, 1.82) is 0 Å². The Morgan fingerprint density at radius 1 is 1.15 bits per heavy atom. The Bertz CT molecular complexity index is 1330. The van der Waals surface area contributed by atoms with Crippen molar-refractivity contribution >= 4 is 23.1 Å². The van der Waals surface area contributed by atoms with Crippen molar-refractivity contribution in [2.75, 3.05) is 11.9 Å². The standard InChI is InChI=1S/C26H22N4O4/c31-24(17-7-4-12-27-15-17)23-22(16-6-3-8-18(14-16)30(33)34)21-11-5-13-29(21)26(23)19-9-1-2-10-20(19)28-25(26)32/h1-4,6-10,12,14-15,21-23H,5,11,13H2,(H,28,32)/t21-,22-,23-,26+/m0/s1. The van der Waals surface area contributed by atoms with Crippen LogP contribution in [0.5, 0.6) is 0 Å². The van der Waals surface area contributed by atoms with Gasteiger partial charge in [0.1, 0.15) is 5.54 Å². The van der Waals surface area contributed by atoms with E-state index in [1.807, 2.05) is 30.3 Å². The zero-order chi connectivity index (χ0) is 23.4. The van der Waals surface area contributed by atoms with Crippen LogP contribution in [-0.2, 0) is 10.3 Å². The molecule has 3 aliphatic rings. The van der Waals surface area contributed by atoms with Crippen molar-refractivity contribution in [3.8, 4) is 0 Å². The third-order valence-corrected chi connectivity index (χ3v) is 7.60. The Hall–Kier alpha value is -3.91. The highest BCUT2D eigenvalue weighted by Gasteiger charge is 2.69. The Balaban J connectivity index is 1.62. The fraction of sp³-hybridized carbons (Fsp3) is 0.269. The number of nitrogens with one attached hydrogen (secondary N) is 1. The van der Waals surface area contributed by atoms with E-state index in [1.54, 1.807) is 30.5 Å². The molecule has 1 spiro atoms. The fourth-order valence-electron chi connectivity index (χ4n) is 6.42. The predicted molar refractivity (Wildman–Crippen MR) is 124 cm³/mol. The Morgan fingerprint density at radius 3 is 2.79 bits per heavy atom. The lowest BCUT2D eigenvalue weighted by molar-refractivity contribution is -0.384.